The van der Waals surface area contributed by atoms with Crippen LogP contribution in [0.5, 0.6) is 0 Å². The molecule has 1 aromatic rings. The first-order valence-electron chi connectivity index (χ1n) is 6.80. The van der Waals surface area contributed by atoms with Crippen molar-refractivity contribution in [1.82, 2.24) is 5.32 Å². The number of amides is 1. The molecule has 1 aromatic carbocycles. The smallest absolute Gasteiger partial charge is 0.222 e. The molecule has 98 valence electrons. The summed E-state index contributed by atoms with van der Waals surface area (Å²) < 4.78 is 0. The van der Waals surface area contributed by atoms with E-state index in [2.05, 4.69) is 41.4 Å². The molecule has 0 saturated carbocycles. The third-order valence-electron chi connectivity index (χ3n) is 3.82. The van der Waals surface area contributed by atoms with Crippen LogP contribution in [0.3, 0.4) is 0 Å². The number of benzene rings is 1. The van der Waals surface area contributed by atoms with Crippen LogP contribution in [-0.2, 0) is 11.2 Å². The van der Waals surface area contributed by atoms with Crippen molar-refractivity contribution >= 4 is 11.6 Å². The Morgan fingerprint density at radius 3 is 2.39 bits per heavy atom. The van der Waals surface area contributed by atoms with Gasteiger partial charge in [0.05, 0.1) is 0 Å². The van der Waals surface area contributed by atoms with E-state index in [0.717, 1.165) is 32.4 Å². The van der Waals surface area contributed by atoms with Gasteiger partial charge in [0.1, 0.15) is 0 Å². The fourth-order valence-electron chi connectivity index (χ4n) is 2.55. The molecule has 1 amide bonds. The predicted octanol–water partition coefficient (Wildman–Crippen LogP) is 2.21. The molecule has 1 aliphatic heterocycles. The standard InChI is InChI=1S/C15H22N2O/c1-3-12-4-6-14(7-5-12)17-10-8-13(9-11-17)15(18)16-2/h4-7,13H,3,8-11H2,1-2H3,(H,16,18). The Kier molecular flexibility index (Phi) is 4.24. The highest BCUT2D eigenvalue weighted by molar-refractivity contribution is 5.78. The van der Waals surface area contributed by atoms with Crippen molar-refractivity contribution in [1.29, 1.82) is 0 Å². The number of rotatable bonds is 3. The zero-order valence-corrected chi connectivity index (χ0v) is 11.3. The van der Waals surface area contributed by atoms with E-state index >= 15 is 0 Å². The van der Waals surface area contributed by atoms with Crippen LogP contribution in [0.15, 0.2) is 24.3 Å². The Hall–Kier alpha value is -1.51. The van der Waals surface area contributed by atoms with Crippen molar-refractivity contribution in [2.75, 3.05) is 25.0 Å². The summed E-state index contributed by atoms with van der Waals surface area (Å²) in [5, 5.41) is 2.75. The maximum absolute atomic E-state index is 11.6. The van der Waals surface area contributed by atoms with Crippen molar-refractivity contribution in [3.63, 3.8) is 0 Å². The van der Waals surface area contributed by atoms with Crippen LogP contribution < -0.4 is 10.2 Å². The molecule has 2 rings (SSSR count). The molecule has 1 aliphatic rings. The third-order valence-corrected chi connectivity index (χ3v) is 3.82. The van der Waals surface area contributed by atoms with Crippen molar-refractivity contribution in [3.8, 4) is 0 Å². The number of carbonyl (C=O) groups excluding carboxylic acids is 1. The fraction of sp³-hybridized carbons (Fsp3) is 0.533. The number of piperidine rings is 1. The van der Waals surface area contributed by atoms with E-state index in [9.17, 15) is 4.79 Å². The topological polar surface area (TPSA) is 32.3 Å². The molecular formula is C15H22N2O. The average molecular weight is 246 g/mol. The van der Waals surface area contributed by atoms with Gasteiger partial charge in [0.2, 0.25) is 5.91 Å². The van der Waals surface area contributed by atoms with Crippen LogP contribution in [0, 0.1) is 5.92 Å². The lowest BCUT2D eigenvalue weighted by Gasteiger charge is -2.32. The summed E-state index contributed by atoms with van der Waals surface area (Å²) in [7, 11) is 1.72. The quantitative estimate of drug-likeness (QED) is 0.887. The van der Waals surface area contributed by atoms with Crippen molar-refractivity contribution in [2.45, 2.75) is 26.2 Å². The molecule has 1 fully saturated rings. The third kappa shape index (κ3) is 2.84. The van der Waals surface area contributed by atoms with E-state index < -0.39 is 0 Å². The molecule has 0 atom stereocenters. The molecule has 0 unspecified atom stereocenters. The lowest BCUT2D eigenvalue weighted by Crippen LogP contribution is -2.39. The minimum absolute atomic E-state index is 0.191. The Morgan fingerprint density at radius 2 is 1.89 bits per heavy atom. The van der Waals surface area contributed by atoms with Crippen LogP contribution in [0.1, 0.15) is 25.3 Å². The average Bonchev–Trinajstić information content (AvgIpc) is 2.47. The Balaban J connectivity index is 1.94. The van der Waals surface area contributed by atoms with Crippen LogP contribution in [0.2, 0.25) is 0 Å². The predicted molar refractivity (Wildman–Crippen MR) is 74.8 cm³/mol. The van der Waals surface area contributed by atoms with Gasteiger partial charge in [-0.2, -0.15) is 0 Å². The molecular weight excluding hydrogens is 224 g/mol. The second-order valence-electron chi connectivity index (χ2n) is 4.90. The molecule has 0 aliphatic carbocycles. The van der Waals surface area contributed by atoms with Gasteiger partial charge in [-0.3, -0.25) is 4.79 Å². The van der Waals surface area contributed by atoms with Crippen LogP contribution in [-0.4, -0.2) is 26.0 Å². The van der Waals surface area contributed by atoms with Gasteiger partial charge in [0, 0.05) is 31.7 Å². The fourth-order valence-corrected chi connectivity index (χ4v) is 2.55. The first-order chi connectivity index (χ1) is 8.74. The van der Waals surface area contributed by atoms with Gasteiger partial charge in [-0.25, -0.2) is 0 Å². The molecule has 0 radical (unpaired) electrons. The molecule has 1 N–H and O–H groups in total. The monoisotopic (exact) mass is 246 g/mol. The Morgan fingerprint density at radius 1 is 1.28 bits per heavy atom. The van der Waals surface area contributed by atoms with Crippen LogP contribution >= 0.6 is 0 Å². The SMILES string of the molecule is CCc1ccc(N2CCC(C(=O)NC)CC2)cc1. The molecule has 0 bridgehead atoms. The van der Waals surface area contributed by atoms with Gasteiger partial charge >= 0.3 is 0 Å². The van der Waals surface area contributed by atoms with Gasteiger partial charge in [0.25, 0.3) is 0 Å². The van der Waals surface area contributed by atoms with Gasteiger partial charge < -0.3 is 10.2 Å². The molecule has 18 heavy (non-hydrogen) atoms. The lowest BCUT2D eigenvalue weighted by molar-refractivity contribution is -0.125. The normalized spacial score (nSPS) is 16.7. The zero-order chi connectivity index (χ0) is 13.0. The van der Waals surface area contributed by atoms with Gasteiger partial charge in [-0.1, -0.05) is 19.1 Å². The first-order valence-corrected chi connectivity index (χ1v) is 6.80. The van der Waals surface area contributed by atoms with E-state index in [4.69, 9.17) is 0 Å². The summed E-state index contributed by atoms with van der Waals surface area (Å²) in [5.41, 5.74) is 2.65. The van der Waals surface area contributed by atoms with E-state index in [1.165, 1.54) is 11.3 Å². The van der Waals surface area contributed by atoms with E-state index in [1.807, 2.05) is 0 Å². The van der Waals surface area contributed by atoms with Crippen LogP contribution in [0.4, 0.5) is 5.69 Å². The Labute approximate surface area is 109 Å². The summed E-state index contributed by atoms with van der Waals surface area (Å²) in [6.07, 6.45) is 2.99. The molecule has 0 spiro atoms. The van der Waals surface area contributed by atoms with E-state index in [0.29, 0.717) is 0 Å². The highest BCUT2D eigenvalue weighted by Gasteiger charge is 2.24. The van der Waals surface area contributed by atoms with Gasteiger partial charge in [-0.15, -0.1) is 0 Å². The number of hydrogen-bond donors (Lipinski definition) is 1. The second-order valence-corrected chi connectivity index (χ2v) is 4.90. The van der Waals surface area contributed by atoms with E-state index in [-0.39, 0.29) is 11.8 Å². The van der Waals surface area contributed by atoms with Crippen LogP contribution in [0.25, 0.3) is 0 Å². The van der Waals surface area contributed by atoms with E-state index in [1.54, 1.807) is 7.05 Å². The summed E-state index contributed by atoms with van der Waals surface area (Å²) >= 11 is 0. The minimum atomic E-state index is 0.191. The molecule has 1 saturated heterocycles. The zero-order valence-electron chi connectivity index (χ0n) is 11.3. The summed E-state index contributed by atoms with van der Waals surface area (Å²) in [5.74, 6) is 0.386. The van der Waals surface area contributed by atoms with Crippen molar-refractivity contribution in [2.24, 2.45) is 5.92 Å². The number of anilines is 1. The molecule has 3 heteroatoms. The highest BCUT2D eigenvalue weighted by Crippen LogP contribution is 2.23. The second kappa shape index (κ2) is 5.89. The van der Waals surface area contributed by atoms with Crippen molar-refractivity contribution < 1.29 is 4.79 Å². The Bertz CT molecular complexity index is 391. The van der Waals surface area contributed by atoms with Gasteiger partial charge in [0.15, 0.2) is 0 Å². The van der Waals surface area contributed by atoms with Gasteiger partial charge in [-0.05, 0) is 37.0 Å². The molecule has 3 nitrogen and oxygen atoms in total. The number of carbonyl (C=O) groups is 1. The first kappa shape index (κ1) is 12.9. The minimum Gasteiger partial charge on any atom is -0.371 e. The number of nitrogens with zero attached hydrogens (tertiary/aromatic N) is 1. The summed E-state index contributed by atoms with van der Waals surface area (Å²) in [6.45, 7) is 4.12. The number of hydrogen-bond acceptors (Lipinski definition) is 2. The summed E-state index contributed by atoms with van der Waals surface area (Å²) in [4.78, 5) is 13.9. The molecule has 0 aromatic heterocycles. The molecule has 1 heterocycles. The van der Waals surface area contributed by atoms with Crippen molar-refractivity contribution in [3.05, 3.63) is 29.8 Å². The maximum atomic E-state index is 11.6. The number of nitrogens with one attached hydrogen (secondary N) is 1. The summed E-state index contributed by atoms with van der Waals surface area (Å²) in [6, 6.07) is 8.78. The lowest BCUT2D eigenvalue weighted by atomic mass is 9.95. The maximum Gasteiger partial charge on any atom is 0.222 e. The highest BCUT2D eigenvalue weighted by atomic mass is 16.1. The number of aryl methyl sites for hydroxylation is 1. The largest absolute Gasteiger partial charge is 0.371 e.